The zero-order valence-corrected chi connectivity index (χ0v) is 10.3. The lowest BCUT2D eigenvalue weighted by molar-refractivity contribution is 0.422. The molecule has 0 unspecified atom stereocenters. The Morgan fingerprint density at radius 2 is 1.86 bits per heavy atom. The van der Waals surface area contributed by atoms with Crippen LogP contribution in [0, 0.1) is 0 Å². The normalized spacial score (nSPS) is 14.4. The molecule has 0 fully saturated rings. The van der Waals surface area contributed by atoms with Crippen LogP contribution in [0.15, 0.2) is 16.3 Å². The van der Waals surface area contributed by atoms with Crippen LogP contribution >= 0.6 is 0 Å². The molecule has 0 saturated carbocycles. The minimum atomic E-state index is 1.01. The molecule has 82 valence electrons. The van der Waals surface area contributed by atoms with Gasteiger partial charge in [-0.25, -0.2) is 0 Å². The molecule has 0 aromatic rings. The Morgan fingerprint density at radius 1 is 1.29 bits per heavy atom. The third-order valence-electron chi connectivity index (χ3n) is 2.44. The van der Waals surface area contributed by atoms with Crippen molar-refractivity contribution in [3.8, 4) is 0 Å². The Kier molecular flexibility index (Phi) is 6.21. The maximum atomic E-state index is 4.32. The summed E-state index contributed by atoms with van der Waals surface area (Å²) in [5.74, 6) is 0. The number of aliphatic imine (C=N–C) groups is 1. The molecule has 0 aliphatic rings. The highest BCUT2D eigenvalue weighted by molar-refractivity contribution is 6.00. The number of allylic oxidation sites excluding steroid dienone is 2. The fraction of sp³-hybridized carbons (Fsp3) is 0.727. The van der Waals surface area contributed by atoms with E-state index in [1.807, 2.05) is 14.1 Å². The molecular formula is C11H23N3. The van der Waals surface area contributed by atoms with Gasteiger partial charge in [-0.1, -0.05) is 0 Å². The van der Waals surface area contributed by atoms with E-state index < -0.39 is 0 Å². The summed E-state index contributed by atoms with van der Waals surface area (Å²) in [5, 5.41) is 3.15. The highest BCUT2D eigenvalue weighted by atomic mass is 15.0. The molecule has 0 aliphatic carbocycles. The number of hydrogen-bond donors (Lipinski definition) is 1. The van der Waals surface area contributed by atoms with Gasteiger partial charge in [0.05, 0.1) is 0 Å². The fourth-order valence-corrected chi connectivity index (χ4v) is 1.20. The molecule has 0 radical (unpaired) electrons. The van der Waals surface area contributed by atoms with Gasteiger partial charge in [0, 0.05) is 38.5 Å². The van der Waals surface area contributed by atoms with Gasteiger partial charge in [-0.3, -0.25) is 4.99 Å². The molecule has 0 aliphatic heterocycles. The van der Waals surface area contributed by atoms with Crippen LogP contribution in [-0.4, -0.2) is 45.3 Å². The van der Waals surface area contributed by atoms with E-state index in [-0.39, 0.29) is 0 Å². The molecule has 0 atom stereocenters. The summed E-state index contributed by atoms with van der Waals surface area (Å²) < 4.78 is 0. The first kappa shape index (κ1) is 13.2. The van der Waals surface area contributed by atoms with Gasteiger partial charge in [0.1, 0.15) is 0 Å². The van der Waals surface area contributed by atoms with Crippen LogP contribution in [0.25, 0.3) is 0 Å². The van der Waals surface area contributed by atoms with Crippen LogP contribution in [0.3, 0.4) is 0 Å². The molecule has 3 nitrogen and oxygen atoms in total. The number of rotatable bonds is 5. The Hall–Kier alpha value is -0.830. The van der Waals surface area contributed by atoms with E-state index in [0.29, 0.717) is 0 Å². The molecule has 3 heteroatoms. The molecule has 0 aromatic heterocycles. The zero-order valence-electron chi connectivity index (χ0n) is 10.3. The van der Waals surface area contributed by atoms with Gasteiger partial charge in [0.25, 0.3) is 0 Å². The van der Waals surface area contributed by atoms with Gasteiger partial charge in [0.15, 0.2) is 0 Å². The first-order valence-corrected chi connectivity index (χ1v) is 4.99. The van der Waals surface area contributed by atoms with E-state index in [2.05, 4.69) is 43.2 Å². The fourth-order valence-electron chi connectivity index (χ4n) is 1.20. The maximum absolute atomic E-state index is 4.32. The Morgan fingerprint density at radius 3 is 2.21 bits per heavy atom. The topological polar surface area (TPSA) is 27.6 Å². The Balaban J connectivity index is 4.44. The smallest absolute Gasteiger partial charge is 0.0403 e. The van der Waals surface area contributed by atoms with Crippen LogP contribution < -0.4 is 5.32 Å². The average molecular weight is 197 g/mol. The second kappa shape index (κ2) is 6.60. The van der Waals surface area contributed by atoms with Crippen molar-refractivity contribution in [3.05, 3.63) is 11.3 Å². The molecule has 0 bridgehead atoms. The summed E-state index contributed by atoms with van der Waals surface area (Å²) in [4.78, 5) is 6.49. The number of hydrogen-bond acceptors (Lipinski definition) is 3. The van der Waals surface area contributed by atoms with E-state index >= 15 is 0 Å². The van der Waals surface area contributed by atoms with Crippen LogP contribution in [0.5, 0.6) is 0 Å². The van der Waals surface area contributed by atoms with Gasteiger partial charge in [-0.05, 0) is 33.5 Å². The minimum absolute atomic E-state index is 1.01. The van der Waals surface area contributed by atoms with Crippen molar-refractivity contribution >= 4 is 5.71 Å². The van der Waals surface area contributed by atoms with Gasteiger partial charge in [-0.2, -0.15) is 0 Å². The average Bonchev–Trinajstić information content (AvgIpc) is 2.16. The van der Waals surface area contributed by atoms with E-state index in [9.17, 15) is 0 Å². The van der Waals surface area contributed by atoms with Crippen LogP contribution in [-0.2, 0) is 0 Å². The third kappa shape index (κ3) is 4.42. The van der Waals surface area contributed by atoms with Gasteiger partial charge >= 0.3 is 0 Å². The van der Waals surface area contributed by atoms with Gasteiger partial charge < -0.3 is 10.2 Å². The quantitative estimate of drug-likeness (QED) is 0.677. The van der Waals surface area contributed by atoms with E-state index in [1.165, 1.54) is 17.0 Å². The monoisotopic (exact) mass is 197 g/mol. The Labute approximate surface area is 87.9 Å². The molecule has 14 heavy (non-hydrogen) atoms. The lowest BCUT2D eigenvalue weighted by atomic mass is 10.1. The highest BCUT2D eigenvalue weighted by Crippen LogP contribution is 2.06. The van der Waals surface area contributed by atoms with E-state index in [1.54, 1.807) is 0 Å². The summed E-state index contributed by atoms with van der Waals surface area (Å²) in [6, 6.07) is 0. The predicted molar refractivity (Wildman–Crippen MR) is 64.0 cm³/mol. The molecule has 0 spiro atoms. The summed E-state index contributed by atoms with van der Waals surface area (Å²) >= 11 is 0. The van der Waals surface area contributed by atoms with Crippen LogP contribution in [0.1, 0.15) is 20.3 Å². The van der Waals surface area contributed by atoms with Crippen molar-refractivity contribution in [2.75, 3.05) is 34.7 Å². The lowest BCUT2D eigenvalue weighted by Crippen LogP contribution is -2.19. The number of nitrogens with zero attached hydrogens (tertiary/aromatic N) is 2. The van der Waals surface area contributed by atoms with Crippen molar-refractivity contribution in [2.24, 2.45) is 4.99 Å². The molecule has 0 amide bonds. The highest BCUT2D eigenvalue weighted by Gasteiger charge is 2.04. The summed E-state index contributed by atoms with van der Waals surface area (Å²) in [6.07, 6.45) is 1.01. The SMILES string of the molecule is CN=C(CCN(C)C)/C(C)=C(\C)NC. The second-order valence-corrected chi connectivity index (χ2v) is 3.72. The van der Waals surface area contributed by atoms with Crippen molar-refractivity contribution in [2.45, 2.75) is 20.3 Å². The van der Waals surface area contributed by atoms with Crippen LogP contribution in [0.2, 0.25) is 0 Å². The molecule has 1 N–H and O–H groups in total. The maximum Gasteiger partial charge on any atom is 0.0403 e. The first-order chi connectivity index (χ1) is 6.52. The van der Waals surface area contributed by atoms with Crippen molar-refractivity contribution in [3.63, 3.8) is 0 Å². The minimum Gasteiger partial charge on any atom is -0.391 e. The van der Waals surface area contributed by atoms with Gasteiger partial charge in [-0.15, -0.1) is 0 Å². The zero-order chi connectivity index (χ0) is 11.1. The van der Waals surface area contributed by atoms with Crippen molar-refractivity contribution in [1.82, 2.24) is 10.2 Å². The molecule has 0 rings (SSSR count). The second-order valence-electron chi connectivity index (χ2n) is 3.72. The molecular weight excluding hydrogens is 174 g/mol. The molecule has 0 aromatic carbocycles. The first-order valence-electron chi connectivity index (χ1n) is 4.99. The van der Waals surface area contributed by atoms with Crippen molar-refractivity contribution in [1.29, 1.82) is 0 Å². The molecule has 0 saturated heterocycles. The third-order valence-corrected chi connectivity index (χ3v) is 2.44. The van der Waals surface area contributed by atoms with Crippen molar-refractivity contribution < 1.29 is 0 Å². The predicted octanol–water partition coefficient (Wildman–Crippen LogP) is 1.52. The van der Waals surface area contributed by atoms with E-state index in [4.69, 9.17) is 0 Å². The lowest BCUT2D eigenvalue weighted by Gasteiger charge is -2.13. The van der Waals surface area contributed by atoms with Crippen LogP contribution in [0.4, 0.5) is 0 Å². The largest absolute Gasteiger partial charge is 0.391 e. The molecule has 0 heterocycles. The summed E-state index contributed by atoms with van der Waals surface area (Å²) in [5.41, 5.74) is 3.65. The van der Waals surface area contributed by atoms with Gasteiger partial charge in [0.2, 0.25) is 0 Å². The van der Waals surface area contributed by atoms with E-state index in [0.717, 1.165) is 13.0 Å². The Bertz CT molecular complexity index is 227. The standard InChI is InChI=1S/C11H23N3/c1-9(10(2)12-3)11(13-4)7-8-14(5)6/h12H,7-8H2,1-6H3/b10-9+,13-11?. The summed E-state index contributed by atoms with van der Waals surface area (Å²) in [6.45, 7) is 5.24. The number of nitrogens with one attached hydrogen (secondary N) is 1. The summed E-state index contributed by atoms with van der Waals surface area (Å²) in [7, 11) is 7.96.